The average molecular weight is 446 g/mol. The van der Waals surface area contributed by atoms with Crippen molar-refractivity contribution >= 4 is 40.2 Å². The summed E-state index contributed by atoms with van der Waals surface area (Å²) in [6.45, 7) is 0.216. The Labute approximate surface area is 183 Å². The van der Waals surface area contributed by atoms with Gasteiger partial charge < -0.3 is 15.0 Å². The number of amides is 2. The molecule has 1 aromatic carbocycles. The number of alkyl halides is 1. The predicted molar refractivity (Wildman–Crippen MR) is 112 cm³/mol. The van der Waals surface area contributed by atoms with E-state index >= 15 is 0 Å². The van der Waals surface area contributed by atoms with Crippen LogP contribution in [0.5, 0.6) is 0 Å². The smallest absolute Gasteiger partial charge is 0.252 e. The average Bonchev–Trinajstić information content (AvgIpc) is 3.49. The molecule has 0 unspecified atom stereocenters. The van der Waals surface area contributed by atoms with Gasteiger partial charge in [-0.25, -0.2) is 0 Å². The van der Waals surface area contributed by atoms with Crippen molar-refractivity contribution in [3.8, 4) is 0 Å². The maximum absolute atomic E-state index is 13.6. The highest BCUT2D eigenvalue weighted by atomic mass is 35.5. The van der Waals surface area contributed by atoms with E-state index in [0.717, 1.165) is 32.1 Å². The van der Waals surface area contributed by atoms with Crippen LogP contribution in [0.1, 0.15) is 42.5 Å². The van der Waals surface area contributed by atoms with E-state index in [2.05, 4.69) is 20.7 Å². The zero-order valence-corrected chi connectivity index (χ0v) is 17.7. The van der Waals surface area contributed by atoms with Gasteiger partial charge in [0.2, 0.25) is 5.91 Å². The maximum atomic E-state index is 13.6. The molecule has 10 heteroatoms. The van der Waals surface area contributed by atoms with E-state index in [9.17, 15) is 14.4 Å². The standard InChI is InChI=1S/C21H24ClN5O4/c22-13-9-27(18-16(28)10-31-19(13)18)21(30)17(11-4-2-1-3-5-11)23-20(29)12-6-7-14-15(8-12)25-26-24-14/h6-8,11,13,17-19H,1-5,9-10H2,(H,23,29)(H,24,25,26)/t13-,17-,18+,19+/m0/s1. The number of carbonyl (C=O) groups excluding carboxylic acids is 3. The molecule has 0 spiro atoms. The van der Waals surface area contributed by atoms with Crippen molar-refractivity contribution in [1.29, 1.82) is 0 Å². The van der Waals surface area contributed by atoms with Crippen molar-refractivity contribution in [2.45, 2.75) is 55.7 Å². The van der Waals surface area contributed by atoms with Crippen LogP contribution in [0.15, 0.2) is 18.2 Å². The van der Waals surface area contributed by atoms with Gasteiger partial charge in [0.1, 0.15) is 30.3 Å². The molecule has 2 amide bonds. The summed E-state index contributed by atoms with van der Waals surface area (Å²) < 4.78 is 5.51. The van der Waals surface area contributed by atoms with E-state index in [4.69, 9.17) is 16.3 Å². The van der Waals surface area contributed by atoms with Crippen LogP contribution in [0.25, 0.3) is 11.0 Å². The minimum Gasteiger partial charge on any atom is -0.366 e. The lowest BCUT2D eigenvalue weighted by Crippen LogP contribution is -2.55. The third-order valence-corrected chi connectivity index (χ3v) is 7.05. The Balaban J connectivity index is 1.40. The van der Waals surface area contributed by atoms with Crippen molar-refractivity contribution in [2.75, 3.05) is 13.2 Å². The molecule has 1 aliphatic carbocycles. The number of H-pyrrole nitrogens is 1. The lowest BCUT2D eigenvalue weighted by Gasteiger charge is -2.34. The predicted octanol–water partition coefficient (Wildman–Crippen LogP) is 1.42. The number of halogens is 1. The van der Waals surface area contributed by atoms with E-state index in [-0.39, 0.29) is 36.7 Å². The number of rotatable bonds is 4. The van der Waals surface area contributed by atoms with E-state index in [1.165, 1.54) is 4.90 Å². The summed E-state index contributed by atoms with van der Waals surface area (Å²) in [6.07, 6.45) is 4.40. The molecule has 3 aliphatic rings. The molecule has 5 rings (SSSR count). The summed E-state index contributed by atoms with van der Waals surface area (Å²) in [6, 6.07) is 3.67. The van der Waals surface area contributed by atoms with Crippen LogP contribution in [0.2, 0.25) is 0 Å². The molecule has 2 aromatic rings. The fourth-order valence-electron chi connectivity index (χ4n) is 5.06. The number of hydrogen-bond donors (Lipinski definition) is 2. The fraction of sp³-hybridized carbons (Fsp3) is 0.571. The Morgan fingerprint density at radius 1 is 1.26 bits per heavy atom. The topological polar surface area (TPSA) is 117 Å². The number of ether oxygens (including phenoxy) is 1. The molecule has 4 atom stereocenters. The Morgan fingerprint density at radius 2 is 2.06 bits per heavy atom. The second kappa shape index (κ2) is 8.20. The SMILES string of the molecule is O=C(N[C@H](C(=O)N1C[C@H](Cl)[C@H]2OCC(=O)[C@H]21)C1CCCCC1)c1ccc2nn[nH]c2c1. The first-order valence-corrected chi connectivity index (χ1v) is 11.2. The van der Waals surface area contributed by atoms with Crippen molar-refractivity contribution in [1.82, 2.24) is 25.6 Å². The molecule has 0 bridgehead atoms. The number of nitrogens with one attached hydrogen (secondary N) is 2. The third kappa shape index (κ3) is 3.70. The monoisotopic (exact) mass is 445 g/mol. The minimum absolute atomic E-state index is 0.0213. The third-order valence-electron chi connectivity index (χ3n) is 6.67. The molecular formula is C21H24ClN5O4. The van der Waals surface area contributed by atoms with E-state index in [1.807, 2.05) is 0 Å². The highest BCUT2D eigenvalue weighted by molar-refractivity contribution is 6.22. The number of likely N-dealkylation sites (tertiary alicyclic amines) is 1. The lowest BCUT2D eigenvalue weighted by molar-refractivity contribution is -0.139. The van der Waals surface area contributed by atoms with Crippen molar-refractivity contribution in [3.05, 3.63) is 23.8 Å². The normalized spacial score (nSPS) is 27.5. The van der Waals surface area contributed by atoms with Gasteiger partial charge in [-0.3, -0.25) is 19.5 Å². The summed E-state index contributed by atoms with van der Waals surface area (Å²) in [5.41, 5.74) is 1.73. The zero-order chi connectivity index (χ0) is 21.5. The largest absolute Gasteiger partial charge is 0.366 e. The number of benzene rings is 1. The van der Waals surface area contributed by atoms with Crippen LogP contribution < -0.4 is 5.32 Å². The van der Waals surface area contributed by atoms with Gasteiger partial charge in [0.15, 0.2) is 5.78 Å². The Bertz CT molecular complexity index is 1020. The molecule has 1 saturated carbocycles. The van der Waals surface area contributed by atoms with E-state index in [1.54, 1.807) is 18.2 Å². The number of fused-ring (bicyclic) bond motifs is 2. The summed E-state index contributed by atoms with van der Waals surface area (Å²) in [7, 11) is 0. The highest BCUT2D eigenvalue weighted by Crippen LogP contribution is 2.34. The number of aromatic amines is 1. The Hall–Kier alpha value is -2.52. The first-order chi connectivity index (χ1) is 15.0. The van der Waals surface area contributed by atoms with Gasteiger partial charge in [0, 0.05) is 12.1 Å². The van der Waals surface area contributed by atoms with Crippen LogP contribution >= 0.6 is 11.6 Å². The van der Waals surface area contributed by atoms with Crippen molar-refractivity contribution in [3.63, 3.8) is 0 Å². The molecule has 2 saturated heterocycles. The van der Waals surface area contributed by atoms with Crippen LogP contribution in [0.3, 0.4) is 0 Å². The second-order valence-corrected chi connectivity index (χ2v) is 9.15. The molecule has 164 valence electrons. The Kier molecular flexibility index (Phi) is 5.39. The maximum Gasteiger partial charge on any atom is 0.252 e. The molecule has 2 N–H and O–H groups in total. The summed E-state index contributed by atoms with van der Waals surface area (Å²) in [4.78, 5) is 40.6. The first-order valence-electron chi connectivity index (χ1n) is 10.7. The van der Waals surface area contributed by atoms with Gasteiger partial charge in [-0.1, -0.05) is 24.5 Å². The lowest BCUT2D eigenvalue weighted by atomic mass is 9.83. The minimum atomic E-state index is -0.709. The number of nitrogens with zero attached hydrogens (tertiary/aromatic N) is 3. The van der Waals surface area contributed by atoms with Crippen molar-refractivity contribution in [2.24, 2.45) is 5.92 Å². The van der Waals surface area contributed by atoms with Crippen LogP contribution in [0.4, 0.5) is 0 Å². The van der Waals surface area contributed by atoms with Crippen LogP contribution in [0, 0.1) is 5.92 Å². The van der Waals surface area contributed by atoms with E-state index in [0.29, 0.717) is 16.6 Å². The molecule has 1 aromatic heterocycles. The molecule has 3 fully saturated rings. The summed E-state index contributed by atoms with van der Waals surface area (Å²) >= 11 is 6.38. The number of hydrogen-bond acceptors (Lipinski definition) is 6. The fourth-order valence-corrected chi connectivity index (χ4v) is 5.42. The highest BCUT2D eigenvalue weighted by Gasteiger charge is 2.53. The zero-order valence-electron chi connectivity index (χ0n) is 16.9. The molecule has 3 heterocycles. The number of carbonyl (C=O) groups is 3. The molecular weight excluding hydrogens is 422 g/mol. The number of Topliss-reactive ketones (excluding diaryl/α,β-unsaturated/α-hetero) is 1. The summed E-state index contributed by atoms with van der Waals surface area (Å²) in [5, 5.41) is 12.9. The van der Waals surface area contributed by atoms with E-state index < -0.39 is 23.6 Å². The quantitative estimate of drug-likeness (QED) is 0.687. The van der Waals surface area contributed by atoms with Crippen molar-refractivity contribution < 1.29 is 19.1 Å². The molecule has 31 heavy (non-hydrogen) atoms. The van der Waals surface area contributed by atoms with Gasteiger partial charge in [-0.05, 0) is 37.0 Å². The molecule has 2 aliphatic heterocycles. The van der Waals surface area contributed by atoms with Crippen LogP contribution in [-0.2, 0) is 14.3 Å². The summed E-state index contributed by atoms with van der Waals surface area (Å²) in [5.74, 6) is -0.699. The van der Waals surface area contributed by atoms with Gasteiger partial charge in [-0.2, -0.15) is 0 Å². The number of aromatic nitrogens is 3. The second-order valence-electron chi connectivity index (χ2n) is 8.59. The number of ketones is 1. The first kappa shape index (κ1) is 20.4. The van der Waals surface area contributed by atoms with Gasteiger partial charge in [-0.15, -0.1) is 16.7 Å². The van der Waals surface area contributed by atoms with Gasteiger partial charge >= 0.3 is 0 Å². The molecule has 0 radical (unpaired) electrons. The molecule has 9 nitrogen and oxygen atoms in total. The van der Waals surface area contributed by atoms with Crippen LogP contribution in [-0.4, -0.2) is 74.6 Å². The Morgan fingerprint density at radius 3 is 2.87 bits per heavy atom. The van der Waals surface area contributed by atoms with Gasteiger partial charge in [0.25, 0.3) is 5.91 Å². The van der Waals surface area contributed by atoms with Gasteiger partial charge in [0.05, 0.1) is 10.9 Å².